The molecule has 0 spiro atoms. The quantitative estimate of drug-likeness (QED) is 0.872. The summed E-state index contributed by atoms with van der Waals surface area (Å²) in [5, 5.41) is 3.68. The highest BCUT2D eigenvalue weighted by molar-refractivity contribution is 5.20. The Kier molecular flexibility index (Phi) is 4.91. The molecule has 0 aliphatic rings. The molecule has 1 atom stereocenters. The first-order valence-electron chi connectivity index (χ1n) is 7.22. The first-order valence-corrected chi connectivity index (χ1v) is 7.22. The summed E-state index contributed by atoms with van der Waals surface area (Å²) in [6.07, 6.45) is 4.80. The predicted molar refractivity (Wildman–Crippen MR) is 84.3 cm³/mol. The van der Waals surface area contributed by atoms with Crippen molar-refractivity contribution in [3.05, 3.63) is 66.0 Å². The zero-order valence-electron chi connectivity index (χ0n) is 12.6. The van der Waals surface area contributed by atoms with E-state index in [1.54, 1.807) is 0 Å². The van der Waals surface area contributed by atoms with Crippen molar-refractivity contribution < 1.29 is 0 Å². The number of hydrogen-bond acceptors (Lipinski definition) is 2. The number of nitrogens with zero attached hydrogens (tertiary/aromatic N) is 1. The molecule has 1 aromatic heterocycles. The Morgan fingerprint density at radius 3 is 2.25 bits per heavy atom. The lowest BCUT2D eigenvalue weighted by Crippen LogP contribution is -2.25. The van der Waals surface area contributed by atoms with Crippen molar-refractivity contribution in [2.24, 2.45) is 5.41 Å². The third-order valence-corrected chi connectivity index (χ3v) is 3.32. The molecule has 0 saturated heterocycles. The van der Waals surface area contributed by atoms with Crippen LogP contribution in [0.1, 0.15) is 44.4 Å². The standard InChI is InChI=1S/C18H24N2/c1-18(2,3)13-17(16-7-5-4-6-8-16)20-14-15-9-11-19-12-10-15/h4-12,17,20H,13-14H2,1-3H3. The van der Waals surface area contributed by atoms with Gasteiger partial charge in [0.15, 0.2) is 0 Å². The molecule has 2 nitrogen and oxygen atoms in total. The fraction of sp³-hybridized carbons (Fsp3) is 0.389. The molecular formula is C18H24N2. The van der Waals surface area contributed by atoms with E-state index in [-0.39, 0.29) is 0 Å². The van der Waals surface area contributed by atoms with E-state index >= 15 is 0 Å². The molecule has 2 aromatic rings. The van der Waals surface area contributed by atoms with Gasteiger partial charge in [0.1, 0.15) is 0 Å². The number of nitrogens with one attached hydrogen (secondary N) is 1. The van der Waals surface area contributed by atoms with Gasteiger partial charge in [0, 0.05) is 25.0 Å². The summed E-state index contributed by atoms with van der Waals surface area (Å²) < 4.78 is 0. The molecule has 0 bridgehead atoms. The highest BCUT2D eigenvalue weighted by Gasteiger charge is 2.19. The van der Waals surface area contributed by atoms with Gasteiger partial charge in [-0.05, 0) is 35.1 Å². The minimum Gasteiger partial charge on any atom is -0.306 e. The Balaban J connectivity index is 2.07. The van der Waals surface area contributed by atoms with Crippen LogP contribution in [0, 0.1) is 5.41 Å². The smallest absolute Gasteiger partial charge is 0.0328 e. The van der Waals surface area contributed by atoms with Crippen LogP contribution in [0.3, 0.4) is 0 Å². The average Bonchev–Trinajstić information content (AvgIpc) is 2.44. The van der Waals surface area contributed by atoms with Gasteiger partial charge in [0.05, 0.1) is 0 Å². The van der Waals surface area contributed by atoms with Crippen LogP contribution < -0.4 is 5.32 Å². The first kappa shape index (κ1) is 14.7. The lowest BCUT2D eigenvalue weighted by Gasteiger charge is -2.27. The van der Waals surface area contributed by atoms with E-state index in [9.17, 15) is 0 Å². The molecule has 0 amide bonds. The second-order valence-corrected chi connectivity index (χ2v) is 6.46. The second-order valence-electron chi connectivity index (χ2n) is 6.46. The van der Waals surface area contributed by atoms with Crippen molar-refractivity contribution >= 4 is 0 Å². The molecule has 1 aromatic carbocycles. The maximum atomic E-state index is 4.06. The molecule has 106 valence electrons. The largest absolute Gasteiger partial charge is 0.306 e. The summed E-state index contributed by atoms with van der Waals surface area (Å²) in [6, 6.07) is 15.2. The summed E-state index contributed by atoms with van der Waals surface area (Å²) in [7, 11) is 0. The Morgan fingerprint density at radius 1 is 1.00 bits per heavy atom. The third kappa shape index (κ3) is 4.78. The van der Waals surface area contributed by atoms with E-state index in [1.165, 1.54) is 11.1 Å². The van der Waals surface area contributed by atoms with E-state index in [2.05, 4.69) is 73.5 Å². The van der Waals surface area contributed by atoms with Gasteiger partial charge in [-0.1, -0.05) is 51.1 Å². The topological polar surface area (TPSA) is 24.9 Å². The van der Waals surface area contributed by atoms with Gasteiger partial charge >= 0.3 is 0 Å². The summed E-state index contributed by atoms with van der Waals surface area (Å²) in [6.45, 7) is 7.74. The predicted octanol–water partition coefficient (Wildman–Crippen LogP) is 4.35. The molecule has 20 heavy (non-hydrogen) atoms. The average molecular weight is 268 g/mol. The van der Waals surface area contributed by atoms with Gasteiger partial charge in [0.25, 0.3) is 0 Å². The van der Waals surface area contributed by atoms with Gasteiger partial charge in [-0.2, -0.15) is 0 Å². The van der Waals surface area contributed by atoms with Gasteiger partial charge in [-0.3, -0.25) is 4.98 Å². The van der Waals surface area contributed by atoms with Crippen LogP contribution in [0.25, 0.3) is 0 Å². The van der Waals surface area contributed by atoms with Crippen molar-refractivity contribution in [3.8, 4) is 0 Å². The van der Waals surface area contributed by atoms with Crippen LogP contribution in [0.4, 0.5) is 0 Å². The van der Waals surface area contributed by atoms with Crippen molar-refractivity contribution in [1.82, 2.24) is 10.3 Å². The molecule has 0 radical (unpaired) electrons. The summed E-state index contributed by atoms with van der Waals surface area (Å²) >= 11 is 0. The molecule has 1 N–H and O–H groups in total. The fourth-order valence-corrected chi connectivity index (χ4v) is 2.35. The summed E-state index contributed by atoms with van der Waals surface area (Å²) in [4.78, 5) is 4.06. The number of rotatable bonds is 5. The number of pyridine rings is 1. The molecule has 0 saturated carbocycles. The van der Waals surface area contributed by atoms with Crippen LogP contribution in [0.2, 0.25) is 0 Å². The SMILES string of the molecule is CC(C)(C)CC(NCc1ccncc1)c1ccccc1. The molecule has 0 aliphatic heterocycles. The van der Waals surface area contributed by atoms with E-state index in [4.69, 9.17) is 0 Å². The van der Waals surface area contributed by atoms with E-state index in [0.29, 0.717) is 11.5 Å². The number of benzene rings is 1. The summed E-state index contributed by atoms with van der Waals surface area (Å²) in [5.41, 5.74) is 2.93. The lowest BCUT2D eigenvalue weighted by atomic mass is 9.85. The molecule has 1 unspecified atom stereocenters. The van der Waals surface area contributed by atoms with Gasteiger partial charge in [0.2, 0.25) is 0 Å². The van der Waals surface area contributed by atoms with Gasteiger partial charge < -0.3 is 5.32 Å². The van der Waals surface area contributed by atoms with Crippen molar-refractivity contribution in [1.29, 1.82) is 0 Å². The lowest BCUT2D eigenvalue weighted by molar-refractivity contribution is 0.310. The highest BCUT2D eigenvalue weighted by Crippen LogP contribution is 2.29. The van der Waals surface area contributed by atoms with Crippen LogP contribution >= 0.6 is 0 Å². The maximum absolute atomic E-state index is 4.06. The molecule has 2 heteroatoms. The Labute approximate surface area is 122 Å². The van der Waals surface area contributed by atoms with Crippen LogP contribution in [0.15, 0.2) is 54.9 Å². The van der Waals surface area contributed by atoms with Gasteiger partial charge in [-0.25, -0.2) is 0 Å². The Morgan fingerprint density at radius 2 is 1.65 bits per heavy atom. The zero-order valence-corrected chi connectivity index (χ0v) is 12.6. The van der Waals surface area contributed by atoms with Crippen molar-refractivity contribution in [2.45, 2.75) is 39.8 Å². The third-order valence-electron chi connectivity index (χ3n) is 3.32. The normalized spacial score (nSPS) is 13.2. The van der Waals surface area contributed by atoms with Crippen LogP contribution in [-0.2, 0) is 6.54 Å². The van der Waals surface area contributed by atoms with Gasteiger partial charge in [-0.15, -0.1) is 0 Å². The molecule has 0 aliphatic carbocycles. The Bertz CT molecular complexity index is 500. The number of hydrogen-bond donors (Lipinski definition) is 1. The van der Waals surface area contributed by atoms with E-state index in [1.807, 2.05) is 12.4 Å². The minimum atomic E-state index is 0.297. The maximum Gasteiger partial charge on any atom is 0.0328 e. The van der Waals surface area contributed by atoms with Crippen LogP contribution in [0.5, 0.6) is 0 Å². The molecule has 1 heterocycles. The van der Waals surface area contributed by atoms with Crippen molar-refractivity contribution in [2.75, 3.05) is 0 Å². The van der Waals surface area contributed by atoms with Crippen LogP contribution in [-0.4, -0.2) is 4.98 Å². The van der Waals surface area contributed by atoms with E-state index < -0.39 is 0 Å². The summed E-state index contributed by atoms with van der Waals surface area (Å²) in [5.74, 6) is 0. The Hall–Kier alpha value is -1.67. The molecule has 0 fully saturated rings. The molecular weight excluding hydrogens is 244 g/mol. The zero-order chi connectivity index (χ0) is 14.4. The number of aromatic nitrogens is 1. The fourth-order valence-electron chi connectivity index (χ4n) is 2.35. The van der Waals surface area contributed by atoms with E-state index in [0.717, 1.165) is 13.0 Å². The first-order chi connectivity index (χ1) is 9.54. The second kappa shape index (κ2) is 6.67. The van der Waals surface area contributed by atoms with Crippen molar-refractivity contribution in [3.63, 3.8) is 0 Å². The minimum absolute atomic E-state index is 0.297. The monoisotopic (exact) mass is 268 g/mol. The highest BCUT2D eigenvalue weighted by atomic mass is 14.9. The molecule has 2 rings (SSSR count).